The van der Waals surface area contributed by atoms with E-state index in [0.717, 1.165) is 18.2 Å². The van der Waals surface area contributed by atoms with Gasteiger partial charge in [0.05, 0.1) is 11.7 Å². The molecule has 0 fully saturated rings. The molecule has 7 heteroatoms. The Balaban J connectivity index is 2.43. The van der Waals surface area contributed by atoms with Crippen LogP contribution in [0.15, 0.2) is 18.2 Å². The highest BCUT2D eigenvalue weighted by atomic mass is 19.4. The molecular weight excluding hydrogens is 253 g/mol. The van der Waals surface area contributed by atoms with Crippen LogP contribution in [0.25, 0.3) is 0 Å². The topological polar surface area (TPSA) is 66.8 Å². The van der Waals surface area contributed by atoms with Crippen LogP contribution in [0.3, 0.4) is 0 Å². The molecule has 1 heterocycles. The van der Waals surface area contributed by atoms with E-state index in [2.05, 4.69) is 0 Å². The van der Waals surface area contributed by atoms with E-state index in [1.807, 2.05) is 0 Å². The molecule has 0 saturated heterocycles. The minimum Gasteiger partial charge on any atom is -0.492 e. The van der Waals surface area contributed by atoms with Gasteiger partial charge in [0.15, 0.2) is 0 Å². The molecule has 1 aromatic rings. The summed E-state index contributed by atoms with van der Waals surface area (Å²) < 4.78 is 42.5. The fourth-order valence-electron chi connectivity index (χ4n) is 1.78. The smallest absolute Gasteiger partial charge is 0.416 e. The summed E-state index contributed by atoms with van der Waals surface area (Å²) in [5.74, 6) is -2.50. The lowest BCUT2D eigenvalue weighted by Gasteiger charge is -2.28. The van der Waals surface area contributed by atoms with Crippen LogP contribution >= 0.6 is 0 Å². The number of halogens is 3. The van der Waals surface area contributed by atoms with Crippen LogP contribution in [0, 0.1) is 5.92 Å². The maximum Gasteiger partial charge on any atom is 0.416 e. The van der Waals surface area contributed by atoms with Crippen molar-refractivity contribution in [2.24, 2.45) is 5.92 Å². The number of carboxylic acids is 1. The number of hydrogen-bond acceptors (Lipinski definition) is 3. The van der Waals surface area contributed by atoms with Crippen LogP contribution in [0.2, 0.25) is 0 Å². The van der Waals surface area contributed by atoms with Crippen LogP contribution in [0.5, 0.6) is 5.75 Å². The van der Waals surface area contributed by atoms with Crippen molar-refractivity contribution in [1.82, 2.24) is 0 Å². The molecule has 1 aromatic carbocycles. The second-order valence-corrected chi connectivity index (χ2v) is 3.95. The van der Waals surface area contributed by atoms with E-state index >= 15 is 0 Å². The van der Waals surface area contributed by atoms with Crippen LogP contribution in [0.4, 0.5) is 13.2 Å². The van der Waals surface area contributed by atoms with Crippen molar-refractivity contribution in [3.05, 3.63) is 29.3 Å². The average molecular weight is 262 g/mol. The molecular formula is C11H9F3O4. The quantitative estimate of drug-likeness (QED) is 0.810. The van der Waals surface area contributed by atoms with Gasteiger partial charge < -0.3 is 14.9 Å². The van der Waals surface area contributed by atoms with Gasteiger partial charge >= 0.3 is 12.1 Å². The Hall–Kier alpha value is -1.76. The molecule has 2 unspecified atom stereocenters. The first-order valence-electron chi connectivity index (χ1n) is 5.05. The van der Waals surface area contributed by atoms with Gasteiger partial charge in [-0.25, -0.2) is 0 Å². The van der Waals surface area contributed by atoms with Gasteiger partial charge in [-0.2, -0.15) is 13.2 Å². The molecule has 1 aliphatic heterocycles. The number of carbonyl (C=O) groups is 1. The van der Waals surface area contributed by atoms with Gasteiger partial charge in [-0.1, -0.05) is 0 Å². The third-order valence-corrected chi connectivity index (χ3v) is 2.77. The van der Waals surface area contributed by atoms with Crippen LogP contribution < -0.4 is 4.74 Å². The zero-order chi connectivity index (χ0) is 13.5. The second-order valence-electron chi connectivity index (χ2n) is 3.95. The fourth-order valence-corrected chi connectivity index (χ4v) is 1.78. The summed E-state index contributed by atoms with van der Waals surface area (Å²) in [7, 11) is 0. The Bertz CT molecular complexity index is 484. The highest BCUT2D eigenvalue weighted by Crippen LogP contribution is 2.39. The molecule has 0 aromatic heterocycles. The van der Waals surface area contributed by atoms with Crippen molar-refractivity contribution in [3.63, 3.8) is 0 Å². The van der Waals surface area contributed by atoms with Crippen molar-refractivity contribution in [1.29, 1.82) is 0 Å². The van der Waals surface area contributed by atoms with Crippen molar-refractivity contribution >= 4 is 5.97 Å². The number of alkyl halides is 3. The monoisotopic (exact) mass is 262 g/mol. The summed E-state index contributed by atoms with van der Waals surface area (Å²) in [4.78, 5) is 10.8. The van der Waals surface area contributed by atoms with Crippen LogP contribution in [-0.2, 0) is 11.0 Å². The lowest BCUT2D eigenvalue weighted by Crippen LogP contribution is -2.32. The normalized spacial score (nSPS) is 23.1. The molecule has 98 valence electrons. The van der Waals surface area contributed by atoms with Gasteiger partial charge in [0, 0.05) is 5.56 Å². The maximum absolute atomic E-state index is 12.5. The third-order valence-electron chi connectivity index (χ3n) is 2.77. The number of hydrogen-bond donors (Lipinski definition) is 2. The number of carboxylic acid groups (broad SMARTS) is 1. The fraction of sp³-hybridized carbons (Fsp3) is 0.364. The molecule has 2 rings (SSSR count). The number of ether oxygens (including phenoxy) is 1. The van der Waals surface area contributed by atoms with E-state index in [1.165, 1.54) is 0 Å². The van der Waals surface area contributed by atoms with Gasteiger partial charge in [0.25, 0.3) is 0 Å². The van der Waals surface area contributed by atoms with Crippen LogP contribution in [0.1, 0.15) is 17.2 Å². The average Bonchev–Trinajstić information content (AvgIpc) is 2.27. The Kier molecular flexibility index (Phi) is 2.94. The molecule has 0 bridgehead atoms. The predicted octanol–water partition coefficient (Wildman–Crippen LogP) is 1.83. The summed E-state index contributed by atoms with van der Waals surface area (Å²) in [6, 6.07) is 2.63. The number of aliphatic hydroxyl groups excluding tert-OH is 1. The predicted molar refractivity (Wildman–Crippen MR) is 53.0 cm³/mol. The zero-order valence-electron chi connectivity index (χ0n) is 8.94. The Morgan fingerprint density at radius 1 is 1.39 bits per heavy atom. The van der Waals surface area contributed by atoms with E-state index in [9.17, 15) is 23.1 Å². The van der Waals surface area contributed by atoms with Gasteiger partial charge in [-0.15, -0.1) is 0 Å². The second kappa shape index (κ2) is 4.16. The van der Waals surface area contributed by atoms with Crippen molar-refractivity contribution in [3.8, 4) is 5.75 Å². The number of rotatable bonds is 1. The lowest BCUT2D eigenvalue weighted by atomic mass is 9.92. The number of fused-ring (bicyclic) bond motifs is 1. The van der Waals surface area contributed by atoms with Gasteiger partial charge in [0.2, 0.25) is 0 Å². The first-order valence-corrected chi connectivity index (χ1v) is 5.05. The SMILES string of the molecule is O=C(O)C1COc2ccc(C(F)(F)F)cc2C1O. The summed E-state index contributed by atoms with van der Waals surface area (Å²) in [6.45, 7) is -0.269. The maximum atomic E-state index is 12.5. The van der Waals surface area contributed by atoms with Gasteiger partial charge in [-0.3, -0.25) is 4.79 Å². The Labute approximate surface area is 99.6 Å². The molecule has 2 atom stereocenters. The van der Waals surface area contributed by atoms with E-state index in [1.54, 1.807) is 0 Å². The molecule has 0 aliphatic carbocycles. The molecule has 1 aliphatic rings. The summed E-state index contributed by atoms with van der Waals surface area (Å²) >= 11 is 0. The zero-order valence-corrected chi connectivity index (χ0v) is 8.94. The summed E-state index contributed by atoms with van der Waals surface area (Å²) in [5.41, 5.74) is -1.10. The van der Waals surface area contributed by atoms with Crippen LogP contribution in [-0.4, -0.2) is 22.8 Å². The van der Waals surface area contributed by atoms with Crippen molar-refractivity contribution in [2.45, 2.75) is 12.3 Å². The molecule has 0 saturated carbocycles. The molecule has 4 nitrogen and oxygen atoms in total. The minimum atomic E-state index is -4.55. The molecule has 2 N–H and O–H groups in total. The lowest BCUT2D eigenvalue weighted by molar-refractivity contribution is -0.148. The highest BCUT2D eigenvalue weighted by molar-refractivity contribution is 5.72. The summed E-state index contributed by atoms with van der Waals surface area (Å²) in [6.07, 6.45) is -6.06. The number of aliphatic carboxylic acids is 1. The third kappa shape index (κ3) is 2.13. The van der Waals surface area contributed by atoms with Crippen molar-refractivity contribution in [2.75, 3.05) is 6.61 Å². The Morgan fingerprint density at radius 2 is 2.06 bits per heavy atom. The standard InChI is InChI=1S/C11H9F3O4/c12-11(13,14)5-1-2-8-6(3-5)9(15)7(4-18-8)10(16)17/h1-3,7,9,15H,4H2,(H,16,17). The van der Waals surface area contributed by atoms with E-state index in [0.29, 0.717) is 0 Å². The first-order chi connectivity index (χ1) is 8.30. The first kappa shape index (κ1) is 12.7. The van der Waals surface area contributed by atoms with E-state index in [4.69, 9.17) is 9.84 Å². The van der Waals surface area contributed by atoms with Gasteiger partial charge in [-0.05, 0) is 18.2 Å². The van der Waals surface area contributed by atoms with Gasteiger partial charge in [0.1, 0.15) is 18.3 Å². The molecule has 0 spiro atoms. The Morgan fingerprint density at radius 3 is 2.61 bits per heavy atom. The minimum absolute atomic E-state index is 0.0769. The largest absolute Gasteiger partial charge is 0.492 e. The number of aliphatic hydroxyl groups is 1. The van der Waals surface area contributed by atoms with Crippen molar-refractivity contribution < 1.29 is 32.9 Å². The molecule has 0 radical (unpaired) electrons. The van der Waals surface area contributed by atoms with E-state index < -0.39 is 29.7 Å². The molecule has 18 heavy (non-hydrogen) atoms. The summed E-state index contributed by atoms with van der Waals surface area (Å²) in [5, 5.41) is 18.6. The highest BCUT2D eigenvalue weighted by Gasteiger charge is 2.37. The van der Waals surface area contributed by atoms with E-state index in [-0.39, 0.29) is 17.9 Å². The number of benzene rings is 1. The molecule has 0 amide bonds.